The fourth-order valence-electron chi connectivity index (χ4n) is 7.37. The lowest BCUT2D eigenvalue weighted by Crippen LogP contribution is -2.74. The van der Waals surface area contributed by atoms with E-state index < -0.39 is 138 Å². The van der Waals surface area contributed by atoms with Gasteiger partial charge < -0.3 is 83.5 Å². The maximum Gasteiger partial charge on any atom is 0.474 e. The predicted molar refractivity (Wildman–Crippen MR) is 302 cm³/mol. The van der Waals surface area contributed by atoms with Crippen LogP contribution < -0.4 is 0 Å². The Morgan fingerprint density at radius 3 is 0.397 bits per heavy atom. The summed E-state index contributed by atoms with van der Waals surface area (Å²) in [7, 11) is -39.5. The molecule has 0 N–H and O–H groups in total. The molecule has 36 heteroatoms. The second kappa shape index (κ2) is 23.3. The minimum Gasteiger partial charge on any atom is -0.417 e. The molecule has 0 aromatic heterocycles. The van der Waals surface area contributed by atoms with Gasteiger partial charge in [-0.1, -0.05) is 0 Å². The zero-order valence-electron chi connectivity index (χ0n) is 48.2. The quantitative estimate of drug-likeness (QED) is 0.105. The predicted octanol–water partition coefficient (Wildman–Crippen LogP) is 9.55. The molecule has 408 valence electrons. The zero-order valence-corrected chi connectivity index (χ0v) is 64.2. The maximum absolute atomic E-state index is 6.76. The van der Waals surface area contributed by atoms with Gasteiger partial charge in [-0.2, -0.15) is 0 Å². The van der Waals surface area contributed by atoms with E-state index >= 15 is 0 Å². The number of rotatable bonds is 20. The molecule has 0 unspecified atom stereocenters. The molecule has 0 atom stereocenters. The Kier molecular flexibility index (Phi) is 23.6. The van der Waals surface area contributed by atoms with Crippen molar-refractivity contribution in [1.29, 1.82) is 0 Å². The zero-order chi connectivity index (χ0) is 54.1. The highest BCUT2D eigenvalue weighted by atomic mass is 28.6. The van der Waals surface area contributed by atoms with Crippen molar-refractivity contribution in [3.63, 3.8) is 0 Å². The molecule has 0 spiro atoms. The van der Waals surface area contributed by atoms with Gasteiger partial charge >= 0.3 is 105 Å². The molecule has 0 bridgehead atoms. The van der Waals surface area contributed by atoms with Crippen LogP contribution in [0.2, 0.25) is 183 Å². The first-order valence-corrected chi connectivity index (χ1v) is 65.7. The van der Waals surface area contributed by atoms with Crippen LogP contribution in [0, 0.1) is 0 Å². The van der Waals surface area contributed by atoms with Crippen LogP contribution in [0.4, 0.5) is 0 Å². The fraction of sp³-hybridized carbons (Fsp3) is 1.00. The molecular weight excluding hydrogens is 1150 g/mol. The van der Waals surface area contributed by atoms with E-state index in [0.717, 1.165) is 0 Å². The van der Waals surface area contributed by atoms with Gasteiger partial charge in [-0.15, -0.1) is 0 Å². The average molecular weight is 1250 g/mol. The highest BCUT2D eigenvalue weighted by Gasteiger charge is 2.67. The molecule has 2 saturated heterocycles. The summed E-state index contributed by atoms with van der Waals surface area (Å²) in [6.07, 6.45) is 0. The molecule has 2 aliphatic heterocycles. The third-order valence-electron chi connectivity index (χ3n) is 8.62. The van der Waals surface area contributed by atoms with Crippen molar-refractivity contribution in [2.24, 2.45) is 0 Å². The summed E-state index contributed by atoms with van der Waals surface area (Å²) < 4.78 is 129. The van der Waals surface area contributed by atoms with E-state index in [4.69, 9.17) is 83.5 Å². The first-order valence-electron chi connectivity index (χ1n) is 23.0. The van der Waals surface area contributed by atoms with E-state index in [9.17, 15) is 0 Å². The molecule has 0 radical (unpaired) electrons. The molecule has 0 aromatic carbocycles. The summed E-state index contributed by atoms with van der Waals surface area (Å²) in [6.45, 7) is 55.7. The Hall–Kier alpha value is 2.67. The average Bonchev–Trinajstić information content (AvgIpc) is 2.96. The topological polar surface area (TPSA) is 185 Å². The van der Waals surface area contributed by atoms with Gasteiger partial charge in [0.1, 0.15) is 0 Å². The lowest BCUT2D eigenvalue weighted by molar-refractivity contribution is 0.0704. The first-order chi connectivity index (χ1) is 29.6. The van der Waals surface area contributed by atoms with Crippen LogP contribution in [0.5, 0.6) is 0 Å². The molecule has 0 amide bonds. The third kappa shape index (κ3) is 25.7. The van der Waals surface area contributed by atoms with Crippen LogP contribution >= 0.6 is 0 Å². The van der Waals surface area contributed by atoms with E-state index in [2.05, 4.69) is 78.6 Å². The van der Waals surface area contributed by atoms with Crippen molar-refractivity contribution in [2.75, 3.05) is 28.4 Å². The summed E-state index contributed by atoms with van der Waals surface area (Å²) >= 11 is 0. The molecule has 20 nitrogen and oxygen atoms in total. The van der Waals surface area contributed by atoms with Gasteiger partial charge in [0, 0.05) is 80.8 Å². The first kappa shape index (κ1) is 68.7. The molecule has 2 heterocycles. The Morgan fingerprint density at radius 1 is 0.206 bits per heavy atom. The highest BCUT2D eigenvalue weighted by Crippen LogP contribution is 2.40. The van der Waals surface area contributed by atoms with E-state index in [-0.39, 0.29) is 0 Å². The van der Waals surface area contributed by atoms with Gasteiger partial charge in [-0.3, -0.25) is 0 Å². The summed E-state index contributed by atoms with van der Waals surface area (Å²) in [5.74, 6) is 0. The highest BCUT2D eigenvalue weighted by molar-refractivity contribution is 6.97. The van der Waals surface area contributed by atoms with Gasteiger partial charge in [0.15, 0.2) is 33.3 Å². The molecule has 68 heavy (non-hydrogen) atoms. The van der Waals surface area contributed by atoms with Crippen molar-refractivity contribution in [2.45, 2.75) is 183 Å². The number of hydrogen-bond acceptors (Lipinski definition) is 20. The third-order valence-corrected chi connectivity index (χ3v) is 65.8. The molecular formula is C32H96O20Si16. The molecule has 0 aromatic rings. The van der Waals surface area contributed by atoms with Crippen molar-refractivity contribution < 1.29 is 83.5 Å². The van der Waals surface area contributed by atoms with Gasteiger partial charge in [0.25, 0.3) is 0 Å². The van der Waals surface area contributed by atoms with Crippen molar-refractivity contribution >= 4 is 138 Å². The van der Waals surface area contributed by atoms with Gasteiger partial charge in [0.2, 0.25) is 0 Å². The van der Waals surface area contributed by atoms with Crippen LogP contribution in [0.1, 0.15) is 0 Å². The maximum atomic E-state index is 6.76. The standard InChI is InChI=1S/C16H48O12Si8.C16H48O8Si8/c1-17-29(5,6)21-33(13)25-34(14,22-30(7,8)18-2)27-36(16,24-32(11,12)20-4)28-35(15,26-33)23-31(9,10)19-3;1-25(2,3)17-29(13)21-30(14,18-26(4,5)6)23-32(16,20-28(10,11)12)24-31(15,22-29)19-27(7,8)9/h1-16H3;1-16H3. The lowest BCUT2D eigenvalue weighted by Gasteiger charge is -2.51. The minimum absolute atomic E-state index is 1.61. The van der Waals surface area contributed by atoms with Gasteiger partial charge in [-0.05, 0) is 131 Å². The SMILES string of the molecule is CO[Si](C)(C)O[Si]1(C)O[Si](C)(O[Si](C)(C)OC)O[Si](C)(O[Si](C)(C)OC)O[Si](C)(O[Si](C)(C)OC)O1.C[Si](C)(C)O[Si]1(C)O[Si](C)(O[Si](C)(C)C)O[Si](C)(O[Si](C)(C)C)O[Si](C)(O[Si](C)(C)C)O1. The Labute approximate surface area is 430 Å². The molecule has 2 rings (SSSR count). The van der Waals surface area contributed by atoms with Crippen LogP contribution in [-0.2, 0) is 83.5 Å². The van der Waals surface area contributed by atoms with Gasteiger partial charge in [0.05, 0.1) is 0 Å². The second-order valence-electron chi connectivity index (χ2n) is 23.4. The molecule has 2 fully saturated rings. The molecule has 0 saturated carbocycles. The Morgan fingerprint density at radius 2 is 0.309 bits per heavy atom. The van der Waals surface area contributed by atoms with Crippen molar-refractivity contribution in [1.82, 2.24) is 0 Å². The fourth-order valence-corrected chi connectivity index (χ4v) is 75.3. The smallest absolute Gasteiger partial charge is 0.417 e. The van der Waals surface area contributed by atoms with Crippen molar-refractivity contribution in [3.05, 3.63) is 0 Å². The van der Waals surface area contributed by atoms with Crippen LogP contribution in [0.3, 0.4) is 0 Å². The Bertz CT molecular complexity index is 1380. The number of hydrogen-bond donors (Lipinski definition) is 0. The largest absolute Gasteiger partial charge is 0.474 e. The van der Waals surface area contributed by atoms with Crippen LogP contribution in [-0.4, -0.2) is 166 Å². The lowest BCUT2D eigenvalue weighted by atomic mass is 11.8. The van der Waals surface area contributed by atoms with E-state index in [1.165, 1.54) is 0 Å². The second-order valence-corrected chi connectivity index (χ2v) is 80.0. The molecule has 2 aliphatic rings. The Balaban J connectivity index is 0.000000685. The monoisotopic (exact) mass is 1250 g/mol. The normalized spacial score (nSPS) is 34.6. The molecule has 0 aliphatic carbocycles. The van der Waals surface area contributed by atoms with E-state index in [1.54, 1.807) is 54.6 Å². The summed E-state index contributed by atoms with van der Waals surface area (Å²) in [4.78, 5) is 0. The van der Waals surface area contributed by atoms with Crippen LogP contribution in [0.25, 0.3) is 0 Å². The summed E-state index contributed by atoms with van der Waals surface area (Å²) in [5.41, 5.74) is 0. The van der Waals surface area contributed by atoms with E-state index in [1.807, 2.05) is 78.6 Å². The van der Waals surface area contributed by atoms with Crippen molar-refractivity contribution in [3.8, 4) is 0 Å². The summed E-state index contributed by atoms with van der Waals surface area (Å²) in [6, 6.07) is 0. The summed E-state index contributed by atoms with van der Waals surface area (Å²) in [5, 5.41) is 0. The van der Waals surface area contributed by atoms with E-state index in [0.29, 0.717) is 0 Å². The van der Waals surface area contributed by atoms with Crippen LogP contribution in [0.15, 0.2) is 0 Å². The minimum atomic E-state index is -3.56. The van der Waals surface area contributed by atoms with Gasteiger partial charge in [-0.25, -0.2) is 0 Å².